The summed E-state index contributed by atoms with van der Waals surface area (Å²) >= 11 is 0.346. The molecule has 12 nitrogen and oxygen atoms in total. The van der Waals surface area contributed by atoms with Crippen LogP contribution in [0.2, 0.25) is 0 Å². The molecule has 0 aliphatic carbocycles. The fourth-order valence-corrected chi connectivity index (χ4v) is 6.16. The van der Waals surface area contributed by atoms with Crippen LogP contribution in [-0.2, 0) is 17.5 Å². The second-order valence-electron chi connectivity index (χ2n) is 12.9. The molecule has 0 bridgehead atoms. The summed E-state index contributed by atoms with van der Waals surface area (Å²) in [5, 5.41) is 11.3. The van der Waals surface area contributed by atoms with Crippen LogP contribution in [0.5, 0.6) is 17.2 Å². The summed E-state index contributed by atoms with van der Waals surface area (Å²) < 4.78 is 57.9. The minimum atomic E-state index is -4.55. The lowest BCUT2D eigenvalue weighted by Gasteiger charge is -2.34. The van der Waals surface area contributed by atoms with Gasteiger partial charge in [-0.1, -0.05) is 23.5 Å². The van der Waals surface area contributed by atoms with Crippen molar-refractivity contribution in [2.75, 3.05) is 30.8 Å². The number of anilines is 2. The van der Waals surface area contributed by atoms with Gasteiger partial charge in [0.25, 0.3) is 5.91 Å². The fourth-order valence-electron chi connectivity index (χ4n) is 5.48. The van der Waals surface area contributed by atoms with E-state index in [9.17, 15) is 22.8 Å². The van der Waals surface area contributed by atoms with E-state index in [1.807, 2.05) is 45.0 Å². The Balaban J connectivity index is 1.25. The number of halogens is 3. The van der Waals surface area contributed by atoms with Crippen LogP contribution in [0, 0.1) is 0 Å². The van der Waals surface area contributed by atoms with Crippen molar-refractivity contribution in [2.24, 2.45) is 0 Å². The Morgan fingerprint density at radius 1 is 1.00 bits per heavy atom. The first-order valence-electron chi connectivity index (χ1n) is 16.1. The number of alkyl halides is 3. The highest BCUT2D eigenvalue weighted by molar-refractivity contribution is 7.15. The Bertz CT molecular complexity index is 2010. The van der Waals surface area contributed by atoms with Crippen molar-refractivity contribution < 1.29 is 37.0 Å². The number of rotatable bonds is 9. The number of carbonyl (C=O) groups is 2. The molecule has 0 spiro atoms. The zero-order chi connectivity index (χ0) is 36.3. The molecule has 6 rings (SSSR count). The quantitative estimate of drug-likeness (QED) is 0.156. The van der Waals surface area contributed by atoms with Gasteiger partial charge in [-0.15, -0.1) is 0 Å². The number of amides is 2. The lowest BCUT2D eigenvalue weighted by atomic mass is 10.1. The minimum Gasteiger partial charge on any atom is -0.497 e. The van der Waals surface area contributed by atoms with E-state index in [0.29, 0.717) is 65.5 Å². The highest BCUT2D eigenvalue weighted by Crippen LogP contribution is 2.37. The van der Waals surface area contributed by atoms with Gasteiger partial charge in [-0.25, -0.2) is 19.4 Å². The second-order valence-corrected chi connectivity index (χ2v) is 13.9. The molecule has 0 saturated carbocycles. The number of nitrogens with zero attached hydrogens (tertiary/aromatic N) is 5. The molecule has 3 aromatic heterocycles. The van der Waals surface area contributed by atoms with Gasteiger partial charge in [0.15, 0.2) is 16.6 Å². The van der Waals surface area contributed by atoms with E-state index in [0.717, 1.165) is 24.2 Å². The normalized spacial score (nSPS) is 15.0. The van der Waals surface area contributed by atoms with E-state index >= 15 is 0 Å². The van der Waals surface area contributed by atoms with Crippen LogP contribution in [0.4, 0.5) is 28.9 Å². The highest BCUT2D eigenvalue weighted by Gasteiger charge is 2.33. The Morgan fingerprint density at radius 3 is 2.39 bits per heavy atom. The average Bonchev–Trinajstić information content (AvgIpc) is 3.70. The van der Waals surface area contributed by atoms with Crippen molar-refractivity contribution in [1.82, 2.24) is 24.6 Å². The van der Waals surface area contributed by atoms with Crippen LogP contribution in [0.3, 0.4) is 0 Å². The molecule has 2 N–H and O–H groups in total. The molecule has 1 aliphatic rings. The molecule has 0 radical (unpaired) electrons. The Hall–Kier alpha value is -5.38. The number of carbonyl (C=O) groups excluding carboxylic acids is 2. The molecule has 0 unspecified atom stereocenters. The van der Waals surface area contributed by atoms with E-state index < -0.39 is 22.6 Å². The van der Waals surface area contributed by atoms with Gasteiger partial charge < -0.3 is 24.4 Å². The van der Waals surface area contributed by atoms with Crippen LogP contribution >= 0.6 is 11.3 Å². The van der Waals surface area contributed by atoms with E-state index in [4.69, 9.17) is 19.3 Å². The molecule has 16 heteroatoms. The number of pyridine rings is 1. The number of piperidine rings is 1. The van der Waals surface area contributed by atoms with Crippen molar-refractivity contribution in [3.05, 3.63) is 83.0 Å². The molecule has 1 atom stereocenters. The summed E-state index contributed by atoms with van der Waals surface area (Å²) in [5.41, 5.74) is 1.11. The number of methoxy groups -OCH3 is 1. The second kappa shape index (κ2) is 14.5. The van der Waals surface area contributed by atoms with Crippen molar-refractivity contribution >= 4 is 45.3 Å². The van der Waals surface area contributed by atoms with Gasteiger partial charge in [0.1, 0.15) is 33.1 Å². The molecule has 2 amide bonds. The van der Waals surface area contributed by atoms with E-state index in [1.54, 1.807) is 41.1 Å². The SMILES string of the molecule is COc1ccc(Cn2nc(N[C@@H]3CCCN(C(=O)OC(C)(C)C)C3)c3c(Oc4ccc(C(=O)Nc5ncc(C(F)(F)F)s5)cc4)ccnc32)cc1. The first kappa shape index (κ1) is 35.4. The van der Waals surface area contributed by atoms with E-state index in [-0.39, 0.29) is 22.8 Å². The molecular formula is C35H36F3N7O5S. The van der Waals surface area contributed by atoms with Gasteiger partial charge in [0.2, 0.25) is 0 Å². The topological polar surface area (TPSA) is 133 Å². The van der Waals surface area contributed by atoms with Crippen molar-refractivity contribution in [3.63, 3.8) is 0 Å². The molecule has 51 heavy (non-hydrogen) atoms. The molecule has 1 fully saturated rings. The number of nitrogens with one attached hydrogen (secondary N) is 2. The van der Waals surface area contributed by atoms with Gasteiger partial charge >= 0.3 is 12.3 Å². The number of benzene rings is 2. The monoisotopic (exact) mass is 723 g/mol. The third-order valence-electron chi connectivity index (χ3n) is 7.85. The maximum absolute atomic E-state index is 13.0. The Labute approximate surface area is 295 Å². The van der Waals surface area contributed by atoms with E-state index in [1.165, 1.54) is 12.1 Å². The standard InChI is InChI=1S/C35H36F3N7O5S/c1-34(2,3)50-33(47)44-17-5-6-23(20-44)41-29-28-26(15-16-39-30(28)45(43-29)19-21-7-11-24(48-4)12-8-21)49-25-13-9-22(10-14-25)31(46)42-32-40-18-27(51-32)35(36,37)38/h7-16,18,23H,5-6,17,19-20H2,1-4H3,(H,41,43)(H,40,42,46)/t23-/m1/s1. The van der Waals surface area contributed by atoms with E-state index in [2.05, 4.69) is 20.6 Å². The molecule has 4 heterocycles. The summed E-state index contributed by atoms with van der Waals surface area (Å²) in [7, 11) is 1.61. The largest absolute Gasteiger partial charge is 0.497 e. The maximum Gasteiger partial charge on any atom is 0.427 e. The smallest absolute Gasteiger partial charge is 0.427 e. The summed E-state index contributed by atoms with van der Waals surface area (Å²) in [6, 6.07) is 15.4. The third kappa shape index (κ3) is 8.68. The van der Waals surface area contributed by atoms with Crippen LogP contribution < -0.4 is 20.1 Å². The summed E-state index contributed by atoms with van der Waals surface area (Å²) in [6.45, 7) is 6.91. The number of ether oxygens (including phenoxy) is 3. The summed E-state index contributed by atoms with van der Waals surface area (Å²) in [6.07, 6.45) is -1.05. The maximum atomic E-state index is 13.0. The summed E-state index contributed by atoms with van der Waals surface area (Å²) in [5.74, 6) is 1.48. The number of hydrogen-bond acceptors (Lipinski definition) is 10. The Kier molecular flexibility index (Phi) is 10.1. The zero-order valence-corrected chi connectivity index (χ0v) is 29.1. The Morgan fingerprint density at radius 2 is 1.73 bits per heavy atom. The zero-order valence-electron chi connectivity index (χ0n) is 28.3. The molecule has 1 aliphatic heterocycles. The van der Waals surface area contributed by atoms with Crippen molar-refractivity contribution in [2.45, 2.75) is 58.0 Å². The van der Waals surface area contributed by atoms with Gasteiger partial charge in [-0.3, -0.25) is 10.1 Å². The number of fused-ring (bicyclic) bond motifs is 1. The lowest BCUT2D eigenvalue weighted by molar-refractivity contribution is -0.134. The molecule has 268 valence electrons. The van der Waals surface area contributed by atoms with Crippen LogP contribution in [0.25, 0.3) is 11.0 Å². The van der Waals surface area contributed by atoms with Crippen molar-refractivity contribution in [1.29, 1.82) is 0 Å². The number of aromatic nitrogens is 4. The number of hydrogen-bond donors (Lipinski definition) is 2. The van der Waals surface area contributed by atoms with Crippen molar-refractivity contribution in [3.8, 4) is 17.2 Å². The molecule has 5 aromatic rings. The predicted molar refractivity (Wildman–Crippen MR) is 186 cm³/mol. The van der Waals surface area contributed by atoms with Crippen LogP contribution in [-0.4, -0.2) is 68.5 Å². The minimum absolute atomic E-state index is 0.130. The molecule has 2 aromatic carbocycles. The first-order valence-corrected chi connectivity index (χ1v) is 16.9. The van der Waals surface area contributed by atoms with Gasteiger partial charge in [-0.2, -0.15) is 18.3 Å². The van der Waals surface area contributed by atoms with Gasteiger partial charge in [-0.05, 0) is 75.6 Å². The van der Waals surface area contributed by atoms with Crippen LogP contribution in [0.1, 0.15) is 54.4 Å². The average molecular weight is 724 g/mol. The highest BCUT2D eigenvalue weighted by atomic mass is 32.1. The number of thiazole rings is 1. The molecular weight excluding hydrogens is 687 g/mol. The van der Waals surface area contributed by atoms with Gasteiger partial charge in [0.05, 0.1) is 19.9 Å². The lowest BCUT2D eigenvalue weighted by Crippen LogP contribution is -2.47. The summed E-state index contributed by atoms with van der Waals surface area (Å²) in [4.78, 5) is 34.7. The number of likely N-dealkylation sites (tertiary alicyclic amines) is 1. The predicted octanol–water partition coefficient (Wildman–Crippen LogP) is 7.82. The molecule has 1 saturated heterocycles. The van der Waals surface area contributed by atoms with Crippen LogP contribution in [0.15, 0.2) is 67.0 Å². The third-order valence-corrected chi connectivity index (χ3v) is 8.81. The first-order chi connectivity index (χ1) is 24.3. The van der Waals surface area contributed by atoms with Gasteiger partial charge in [0, 0.05) is 37.0 Å². The fraction of sp³-hybridized carbons (Fsp3) is 0.343.